The third-order valence-electron chi connectivity index (χ3n) is 3.89. The van der Waals surface area contributed by atoms with Gasteiger partial charge in [-0.25, -0.2) is 0 Å². The summed E-state index contributed by atoms with van der Waals surface area (Å²) in [7, 11) is 0. The Morgan fingerprint density at radius 3 is 2.84 bits per heavy atom. The van der Waals surface area contributed by atoms with Gasteiger partial charge in [-0.2, -0.15) is 0 Å². The lowest BCUT2D eigenvalue weighted by atomic mass is 10.1. The van der Waals surface area contributed by atoms with Gasteiger partial charge >= 0.3 is 0 Å². The molecule has 2 rings (SSSR count). The van der Waals surface area contributed by atoms with Gasteiger partial charge in [0.05, 0.1) is 10.7 Å². The van der Waals surface area contributed by atoms with E-state index in [1.54, 1.807) is 0 Å². The summed E-state index contributed by atoms with van der Waals surface area (Å²) in [4.78, 5) is 2.86. The van der Waals surface area contributed by atoms with Crippen molar-refractivity contribution >= 4 is 34.5 Å². The molecule has 0 aliphatic carbocycles. The molecule has 104 valence electrons. The largest absolute Gasteiger partial charge is 0.389 e. The zero-order chi connectivity index (χ0) is 13.8. The van der Waals surface area contributed by atoms with Gasteiger partial charge in [0.15, 0.2) is 0 Å². The van der Waals surface area contributed by atoms with E-state index in [-0.39, 0.29) is 0 Å². The van der Waals surface area contributed by atoms with Crippen LogP contribution in [0.5, 0.6) is 0 Å². The average Bonchev–Trinajstić information content (AvgIpc) is 2.63. The maximum Gasteiger partial charge on any atom is 0.104 e. The van der Waals surface area contributed by atoms with Gasteiger partial charge in [0.2, 0.25) is 0 Å². The predicted molar refractivity (Wildman–Crippen MR) is 87.2 cm³/mol. The second kappa shape index (κ2) is 6.58. The molecule has 1 aromatic rings. The lowest BCUT2D eigenvalue weighted by Crippen LogP contribution is -2.34. The van der Waals surface area contributed by atoms with E-state index in [1.165, 1.54) is 25.7 Å². The quantitative estimate of drug-likeness (QED) is 0.850. The van der Waals surface area contributed by atoms with Crippen molar-refractivity contribution in [3.8, 4) is 0 Å². The molecular weight excluding hydrogens is 276 g/mol. The first-order chi connectivity index (χ1) is 9.13. The normalized spacial score (nSPS) is 20.1. The summed E-state index contributed by atoms with van der Waals surface area (Å²) in [6.07, 6.45) is 6.29. The molecule has 0 amide bonds. The topological polar surface area (TPSA) is 29.3 Å². The summed E-state index contributed by atoms with van der Waals surface area (Å²) in [6, 6.07) is 6.51. The molecular formula is C15H21ClN2S. The van der Waals surface area contributed by atoms with E-state index in [2.05, 4.69) is 17.9 Å². The number of anilines is 1. The molecule has 0 spiro atoms. The molecule has 1 fully saturated rings. The molecule has 4 heteroatoms. The average molecular weight is 297 g/mol. The summed E-state index contributed by atoms with van der Waals surface area (Å²) >= 11 is 11.4. The first kappa shape index (κ1) is 14.6. The van der Waals surface area contributed by atoms with Crippen molar-refractivity contribution in [2.45, 2.75) is 45.1 Å². The van der Waals surface area contributed by atoms with Crippen LogP contribution in [0.15, 0.2) is 18.2 Å². The molecule has 1 atom stereocenters. The zero-order valence-corrected chi connectivity index (χ0v) is 12.9. The van der Waals surface area contributed by atoms with Crippen LogP contribution in [-0.4, -0.2) is 17.6 Å². The van der Waals surface area contributed by atoms with Crippen LogP contribution < -0.4 is 10.6 Å². The van der Waals surface area contributed by atoms with Crippen LogP contribution in [0.25, 0.3) is 0 Å². The monoisotopic (exact) mass is 296 g/mol. The number of benzene rings is 1. The molecule has 1 unspecified atom stereocenters. The highest BCUT2D eigenvalue weighted by Gasteiger charge is 2.21. The first-order valence-corrected chi connectivity index (χ1v) is 7.78. The van der Waals surface area contributed by atoms with Gasteiger partial charge in [-0.3, -0.25) is 0 Å². The highest BCUT2D eigenvalue weighted by molar-refractivity contribution is 7.80. The number of nitrogens with zero attached hydrogens (tertiary/aromatic N) is 1. The Labute approximate surface area is 125 Å². The lowest BCUT2D eigenvalue weighted by Gasteiger charge is -2.32. The van der Waals surface area contributed by atoms with Gasteiger partial charge in [0.1, 0.15) is 4.99 Å². The van der Waals surface area contributed by atoms with Crippen molar-refractivity contribution < 1.29 is 0 Å². The van der Waals surface area contributed by atoms with Crippen molar-refractivity contribution in [3.63, 3.8) is 0 Å². The number of thiocarbonyl (C=S) groups is 1. The summed E-state index contributed by atoms with van der Waals surface area (Å²) in [5.41, 5.74) is 7.61. The van der Waals surface area contributed by atoms with Crippen molar-refractivity contribution in [1.82, 2.24) is 0 Å². The molecule has 0 radical (unpaired) electrons. The Kier molecular flexibility index (Phi) is 5.06. The Morgan fingerprint density at radius 1 is 1.42 bits per heavy atom. The van der Waals surface area contributed by atoms with Crippen LogP contribution in [0.3, 0.4) is 0 Å². The fourth-order valence-corrected chi connectivity index (χ4v) is 3.23. The van der Waals surface area contributed by atoms with Crippen LogP contribution in [0.4, 0.5) is 5.69 Å². The molecule has 2 N–H and O–H groups in total. The highest BCUT2D eigenvalue weighted by atomic mass is 35.5. The molecule has 0 saturated carbocycles. The van der Waals surface area contributed by atoms with E-state index < -0.39 is 0 Å². The zero-order valence-electron chi connectivity index (χ0n) is 11.4. The fraction of sp³-hybridized carbons (Fsp3) is 0.533. The van der Waals surface area contributed by atoms with Crippen LogP contribution in [-0.2, 0) is 0 Å². The molecule has 19 heavy (non-hydrogen) atoms. The van der Waals surface area contributed by atoms with E-state index in [9.17, 15) is 0 Å². The minimum absolute atomic E-state index is 0.399. The maximum atomic E-state index is 6.43. The highest BCUT2D eigenvalue weighted by Crippen LogP contribution is 2.32. The molecule has 1 aromatic carbocycles. The van der Waals surface area contributed by atoms with Crippen molar-refractivity contribution in [3.05, 3.63) is 28.8 Å². The first-order valence-electron chi connectivity index (χ1n) is 6.99. The minimum atomic E-state index is 0.399. The van der Waals surface area contributed by atoms with Crippen molar-refractivity contribution in [1.29, 1.82) is 0 Å². The fourth-order valence-electron chi connectivity index (χ4n) is 2.81. The Bertz CT molecular complexity index is 461. The number of rotatable bonds is 3. The Hall–Kier alpha value is -0.800. The standard InChI is InChI=1S/C15H21ClN2S/c1-2-12-6-4-3-5-9-18(12)14-8-7-11(15(17)19)10-13(14)16/h7-8,10,12H,2-6,9H2,1H3,(H2,17,19). The van der Waals surface area contributed by atoms with Crippen molar-refractivity contribution in [2.24, 2.45) is 5.73 Å². The Morgan fingerprint density at radius 2 is 2.21 bits per heavy atom. The lowest BCUT2D eigenvalue weighted by molar-refractivity contribution is 0.556. The van der Waals surface area contributed by atoms with E-state index >= 15 is 0 Å². The number of hydrogen-bond acceptors (Lipinski definition) is 2. The van der Waals surface area contributed by atoms with Gasteiger partial charge in [-0.05, 0) is 37.5 Å². The van der Waals surface area contributed by atoms with Crippen molar-refractivity contribution in [2.75, 3.05) is 11.4 Å². The smallest absolute Gasteiger partial charge is 0.104 e. The molecule has 1 aliphatic heterocycles. The number of halogens is 1. The second-order valence-electron chi connectivity index (χ2n) is 5.14. The van der Waals surface area contributed by atoms with Crippen LogP contribution in [0.1, 0.15) is 44.6 Å². The third-order valence-corrected chi connectivity index (χ3v) is 4.43. The van der Waals surface area contributed by atoms with E-state index in [0.29, 0.717) is 11.0 Å². The SMILES string of the molecule is CCC1CCCCCN1c1ccc(C(N)=S)cc1Cl. The van der Waals surface area contributed by atoms with E-state index in [0.717, 1.165) is 29.2 Å². The molecule has 0 bridgehead atoms. The van der Waals surface area contributed by atoms with E-state index in [1.807, 2.05) is 12.1 Å². The van der Waals surface area contributed by atoms with Crippen LogP contribution in [0, 0.1) is 0 Å². The van der Waals surface area contributed by atoms with Gasteiger partial charge < -0.3 is 10.6 Å². The van der Waals surface area contributed by atoms with Crippen LogP contribution >= 0.6 is 23.8 Å². The Balaban J connectivity index is 2.30. The summed E-state index contributed by atoms with van der Waals surface area (Å²) in [5, 5.41) is 0.755. The maximum absolute atomic E-state index is 6.43. The van der Waals surface area contributed by atoms with Crippen LogP contribution in [0.2, 0.25) is 5.02 Å². The summed E-state index contributed by atoms with van der Waals surface area (Å²) < 4.78 is 0. The molecule has 2 nitrogen and oxygen atoms in total. The van der Waals surface area contributed by atoms with Gasteiger partial charge in [-0.1, -0.05) is 43.6 Å². The van der Waals surface area contributed by atoms with Gasteiger partial charge in [0, 0.05) is 18.2 Å². The predicted octanol–water partition coefficient (Wildman–Crippen LogP) is 4.13. The second-order valence-corrected chi connectivity index (χ2v) is 5.98. The van der Waals surface area contributed by atoms with E-state index in [4.69, 9.17) is 29.6 Å². The number of nitrogens with two attached hydrogens (primary N) is 1. The van der Waals surface area contributed by atoms with Gasteiger partial charge in [0.25, 0.3) is 0 Å². The third kappa shape index (κ3) is 3.40. The summed E-state index contributed by atoms with van der Waals surface area (Å²) in [5.74, 6) is 0. The molecule has 1 heterocycles. The van der Waals surface area contributed by atoms with Gasteiger partial charge in [-0.15, -0.1) is 0 Å². The number of hydrogen-bond donors (Lipinski definition) is 1. The molecule has 0 aromatic heterocycles. The minimum Gasteiger partial charge on any atom is -0.389 e. The summed E-state index contributed by atoms with van der Waals surface area (Å²) in [6.45, 7) is 3.34. The molecule has 1 saturated heterocycles. The molecule has 1 aliphatic rings.